The molecule has 0 bridgehead atoms. The van der Waals surface area contributed by atoms with Gasteiger partial charge in [0.1, 0.15) is 0 Å². The Morgan fingerprint density at radius 1 is 0.535 bits per heavy atom. The van der Waals surface area contributed by atoms with Crippen molar-refractivity contribution < 1.29 is 20.0 Å². The second-order valence-electron chi connectivity index (χ2n) is 13.7. The average molecular weight is 737 g/mol. The van der Waals surface area contributed by atoms with Crippen LogP contribution in [0.5, 0.6) is 0 Å². The Bertz CT molecular complexity index is 1870. The minimum absolute atomic E-state index is 0.597. The molecular formula is C41H38HfSi. The molecule has 2 aliphatic carbocycles. The zero-order chi connectivity index (χ0) is 29.5. The predicted molar refractivity (Wildman–Crippen MR) is 184 cm³/mol. The molecule has 0 amide bonds. The number of hydrogen-bond acceptors (Lipinski definition) is 0. The molecule has 0 radical (unpaired) electrons. The van der Waals surface area contributed by atoms with E-state index in [2.05, 4.69) is 157 Å². The Morgan fingerprint density at radius 3 is 1.47 bits per heavy atom. The third kappa shape index (κ3) is 3.95. The van der Waals surface area contributed by atoms with Crippen molar-refractivity contribution >= 4 is 25.4 Å². The van der Waals surface area contributed by atoms with Crippen molar-refractivity contribution in [3.05, 3.63) is 159 Å². The molecule has 0 nitrogen and oxygen atoms in total. The molecule has 1 aliphatic heterocycles. The molecule has 0 saturated carbocycles. The van der Waals surface area contributed by atoms with Crippen molar-refractivity contribution in [2.24, 2.45) is 0 Å². The first-order chi connectivity index (χ1) is 20.8. The van der Waals surface area contributed by atoms with Gasteiger partial charge >= 0.3 is 264 Å². The van der Waals surface area contributed by atoms with E-state index in [1.54, 1.807) is 26.7 Å². The number of hydrogen-bond donors (Lipinski definition) is 0. The fourth-order valence-electron chi connectivity index (χ4n) is 8.84. The van der Waals surface area contributed by atoms with E-state index in [1.807, 2.05) is 0 Å². The molecule has 2 atom stereocenters. The van der Waals surface area contributed by atoms with Crippen LogP contribution < -0.4 is 5.19 Å². The third-order valence-corrected chi connectivity index (χ3v) is 32.7. The monoisotopic (exact) mass is 738 g/mol. The van der Waals surface area contributed by atoms with Gasteiger partial charge in [0.15, 0.2) is 0 Å². The molecule has 3 aliphatic rings. The van der Waals surface area contributed by atoms with Crippen molar-refractivity contribution in [3.8, 4) is 22.3 Å². The molecule has 0 spiro atoms. The van der Waals surface area contributed by atoms with E-state index in [-0.39, 0.29) is 0 Å². The Kier molecular flexibility index (Phi) is 6.23. The maximum absolute atomic E-state index is 3.13. The van der Waals surface area contributed by atoms with Gasteiger partial charge in [-0.1, -0.05) is 0 Å². The van der Waals surface area contributed by atoms with Crippen molar-refractivity contribution in [1.82, 2.24) is 0 Å². The van der Waals surface area contributed by atoms with E-state index < -0.39 is 28.0 Å². The van der Waals surface area contributed by atoms with Gasteiger partial charge in [-0.25, -0.2) is 0 Å². The summed E-state index contributed by atoms with van der Waals surface area (Å²) in [7, 11) is -2.25. The molecule has 210 valence electrons. The molecule has 0 N–H and O–H groups in total. The minimum atomic E-state index is -3.13. The fraction of sp³-hybridized carbons (Fsp3) is 0.171. The number of aryl methyl sites for hydroxylation is 2. The summed E-state index contributed by atoms with van der Waals surface area (Å²) < 4.78 is 6.73. The Balaban J connectivity index is 1.41. The summed E-state index contributed by atoms with van der Waals surface area (Å²) in [5.74, 6) is 0. The maximum atomic E-state index is 2.77. The van der Waals surface area contributed by atoms with E-state index in [0.29, 0.717) is 7.35 Å². The van der Waals surface area contributed by atoms with Gasteiger partial charge in [-0.15, -0.1) is 0 Å². The average Bonchev–Trinajstić information content (AvgIpc) is 3.62. The Labute approximate surface area is 262 Å². The van der Waals surface area contributed by atoms with Crippen molar-refractivity contribution in [2.45, 2.75) is 37.1 Å². The summed E-state index contributed by atoms with van der Waals surface area (Å²) in [6, 6.07) is 44.1. The van der Waals surface area contributed by atoms with Gasteiger partial charge in [0, 0.05) is 0 Å². The van der Waals surface area contributed by atoms with Gasteiger partial charge in [0.05, 0.1) is 0 Å². The molecule has 8 rings (SSSR count). The first kappa shape index (κ1) is 27.2. The molecule has 1 heterocycles. The molecule has 43 heavy (non-hydrogen) atoms. The summed E-state index contributed by atoms with van der Waals surface area (Å²) in [5.41, 5.74) is 14.3. The Morgan fingerprint density at radius 2 is 1.00 bits per heavy atom. The Hall–Kier alpha value is -3.33. The van der Waals surface area contributed by atoms with Crippen LogP contribution in [-0.2, 0) is 20.0 Å². The molecule has 5 aromatic rings. The van der Waals surface area contributed by atoms with Crippen LogP contribution in [0.4, 0.5) is 0 Å². The first-order valence-corrected chi connectivity index (χ1v) is 29.5. The summed E-state index contributed by atoms with van der Waals surface area (Å²) in [6.45, 7) is 7.10. The van der Waals surface area contributed by atoms with Crippen LogP contribution in [0.3, 0.4) is 0 Å². The zero-order valence-electron chi connectivity index (χ0n) is 25.8. The van der Waals surface area contributed by atoms with E-state index >= 15 is 0 Å². The predicted octanol–water partition coefficient (Wildman–Crippen LogP) is 10.5. The fourth-order valence-corrected chi connectivity index (χ4v) is 40.5. The van der Waals surface area contributed by atoms with Crippen LogP contribution in [0, 0.1) is 13.8 Å². The normalized spacial score (nSPS) is 22.6. The molecule has 1 saturated heterocycles. The van der Waals surface area contributed by atoms with E-state index in [0.717, 1.165) is 0 Å². The standard InChI is InChI=1S/C39H32Si.2CH3.Hf/c1-27-11-7-13-29(21-27)36-19-9-15-31-23-34(25-38(31)36)40(3,33-17-5-4-6-18-33)35-24-32-16-10-20-37(39(32)26-35)30-14-8-12-28(2)22-30;;;/h4-26H,1-3H3;2*1H3;. The number of benzene rings is 5. The van der Waals surface area contributed by atoms with Gasteiger partial charge in [0.25, 0.3) is 0 Å². The van der Waals surface area contributed by atoms with Crippen LogP contribution in [0.15, 0.2) is 126 Å². The van der Waals surface area contributed by atoms with E-state index in [9.17, 15) is 0 Å². The van der Waals surface area contributed by atoms with E-state index in [4.69, 9.17) is 0 Å². The molecule has 0 aromatic heterocycles. The summed E-state index contributed by atoms with van der Waals surface area (Å²) >= 11 is -3.13. The van der Waals surface area contributed by atoms with Crippen LogP contribution in [0.2, 0.25) is 15.9 Å². The molecule has 2 unspecified atom stereocenters. The second-order valence-corrected chi connectivity index (χ2v) is 35.0. The van der Waals surface area contributed by atoms with Crippen molar-refractivity contribution in [1.29, 1.82) is 0 Å². The molecule has 5 aromatic carbocycles. The van der Waals surface area contributed by atoms with Crippen molar-refractivity contribution in [2.75, 3.05) is 0 Å². The number of rotatable bonds is 3. The summed E-state index contributed by atoms with van der Waals surface area (Å²) in [5, 5.41) is 5.10. The second kappa shape index (κ2) is 9.84. The number of fused-ring (bicyclic) bond motifs is 6. The van der Waals surface area contributed by atoms with Gasteiger partial charge in [-0.2, -0.15) is 0 Å². The first-order valence-electron chi connectivity index (χ1n) is 15.7. The van der Waals surface area contributed by atoms with Crippen LogP contribution in [-0.4, -0.2) is 8.07 Å². The number of allylic oxidation sites excluding steroid dienone is 2. The topological polar surface area (TPSA) is 0 Å². The van der Waals surface area contributed by atoms with Crippen LogP contribution in [0.1, 0.15) is 40.7 Å². The quantitative estimate of drug-likeness (QED) is 0.162. The SMILES string of the molecule is Cc1cccc(-c2cccc3c2C=C2[CH]3[Hf]([CH3])([CH3])[CH]3C(=Cc4c(-c5cccc(C)c5)cccc43)[Si]2(C)c2ccccc2)c1. The van der Waals surface area contributed by atoms with Crippen molar-refractivity contribution in [3.63, 3.8) is 0 Å². The molecular weight excluding hydrogens is 699 g/mol. The van der Waals surface area contributed by atoms with Gasteiger partial charge < -0.3 is 0 Å². The van der Waals surface area contributed by atoms with Gasteiger partial charge in [-0.3, -0.25) is 0 Å². The van der Waals surface area contributed by atoms with Crippen LogP contribution >= 0.6 is 0 Å². The molecule has 1 fully saturated rings. The van der Waals surface area contributed by atoms with Crippen LogP contribution in [0.25, 0.3) is 34.4 Å². The summed E-state index contributed by atoms with van der Waals surface area (Å²) in [6.07, 6.45) is 5.39. The van der Waals surface area contributed by atoms with Gasteiger partial charge in [-0.05, 0) is 0 Å². The third-order valence-electron chi connectivity index (χ3n) is 10.8. The summed E-state index contributed by atoms with van der Waals surface area (Å²) in [4.78, 5) is 0. The van der Waals surface area contributed by atoms with E-state index in [1.165, 1.54) is 44.5 Å². The zero-order valence-corrected chi connectivity index (χ0v) is 30.4. The molecule has 2 heteroatoms. The van der Waals surface area contributed by atoms with Gasteiger partial charge in [0.2, 0.25) is 0 Å².